The standard InChI is InChI=1S/C22H27N3O3/c1-14(24-16-8-6-15(7-9-16)5-4-10-23)11-18-17-12-20(27-2)21(28-3)13-19(17)25-22(18)26/h6-9,11-14,24H,4-5,10,23H2,1-3H3,(H,25,26). The average molecular weight is 381 g/mol. The maximum Gasteiger partial charge on any atom is 0.256 e. The van der Waals surface area contributed by atoms with E-state index in [2.05, 4.69) is 34.9 Å². The zero-order valence-corrected chi connectivity index (χ0v) is 16.5. The van der Waals surface area contributed by atoms with Gasteiger partial charge in [0.1, 0.15) is 0 Å². The van der Waals surface area contributed by atoms with Crippen LogP contribution < -0.4 is 25.8 Å². The maximum atomic E-state index is 12.5. The maximum absolute atomic E-state index is 12.5. The first-order valence-electron chi connectivity index (χ1n) is 9.40. The molecule has 1 unspecified atom stereocenters. The summed E-state index contributed by atoms with van der Waals surface area (Å²) in [5.74, 6) is 1.05. The number of aryl methyl sites for hydroxylation is 1. The van der Waals surface area contributed by atoms with Gasteiger partial charge in [-0.15, -0.1) is 0 Å². The second-order valence-electron chi connectivity index (χ2n) is 6.81. The minimum atomic E-state index is -0.129. The molecule has 28 heavy (non-hydrogen) atoms. The molecule has 1 atom stereocenters. The normalized spacial score (nSPS) is 15.1. The molecule has 6 heteroatoms. The van der Waals surface area contributed by atoms with Crippen molar-refractivity contribution in [1.29, 1.82) is 0 Å². The third kappa shape index (κ3) is 4.28. The average Bonchev–Trinajstić information content (AvgIpc) is 3.00. The Bertz CT molecular complexity index is 875. The quantitative estimate of drug-likeness (QED) is 0.610. The van der Waals surface area contributed by atoms with Crippen LogP contribution in [0.25, 0.3) is 5.57 Å². The Morgan fingerprint density at radius 3 is 2.46 bits per heavy atom. The fraction of sp³-hybridized carbons (Fsp3) is 0.318. The summed E-state index contributed by atoms with van der Waals surface area (Å²) < 4.78 is 10.7. The minimum absolute atomic E-state index is 0.0327. The summed E-state index contributed by atoms with van der Waals surface area (Å²) in [5.41, 5.74) is 10.0. The molecule has 1 aliphatic heterocycles. The number of benzene rings is 2. The molecule has 0 aliphatic carbocycles. The van der Waals surface area contributed by atoms with Crippen LogP contribution in [0.2, 0.25) is 0 Å². The van der Waals surface area contributed by atoms with Crippen molar-refractivity contribution in [3.8, 4) is 11.5 Å². The summed E-state index contributed by atoms with van der Waals surface area (Å²) in [6, 6.07) is 11.9. The molecule has 0 aromatic heterocycles. The number of methoxy groups -OCH3 is 2. The number of ether oxygens (including phenoxy) is 2. The largest absolute Gasteiger partial charge is 0.493 e. The number of carbonyl (C=O) groups excluding carboxylic acids is 1. The van der Waals surface area contributed by atoms with Gasteiger partial charge in [0.05, 0.1) is 19.9 Å². The van der Waals surface area contributed by atoms with Crippen LogP contribution in [0, 0.1) is 0 Å². The first kappa shape index (κ1) is 19.8. The Morgan fingerprint density at radius 2 is 1.82 bits per heavy atom. The van der Waals surface area contributed by atoms with Gasteiger partial charge in [0.15, 0.2) is 11.5 Å². The Hall–Kier alpha value is -2.99. The van der Waals surface area contributed by atoms with Crippen molar-refractivity contribution in [1.82, 2.24) is 0 Å². The molecule has 0 bridgehead atoms. The van der Waals surface area contributed by atoms with Crippen molar-refractivity contribution in [3.63, 3.8) is 0 Å². The van der Waals surface area contributed by atoms with E-state index < -0.39 is 0 Å². The molecule has 2 aromatic carbocycles. The van der Waals surface area contributed by atoms with Crippen molar-refractivity contribution in [2.45, 2.75) is 25.8 Å². The molecular formula is C22H27N3O3. The smallest absolute Gasteiger partial charge is 0.256 e. The van der Waals surface area contributed by atoms with E-state index in [1.807, 2.05) is 19.1 Å². The molecular weight excluding hydrogens is 354 g/mol. The molecule has 6 nitrogen and oxygen atoms in total. The van der Waals surface area contributed by atoms with E-state index in [-0.39, 0.29) is 11.9 Å². The van der Waals surface area contributed by atoms with Crippen molar-refractivity contribution in [2.24, 2.45) is 5.73 Å². The van der Waals surface area contributed by atoms with Crippen LogP contribution in [0.3, 0.4) is 0 Å². The van der Waals surface area contributed by atoms with Gasteiger partial charge >= 0.3 is 0 Å². The van der Waals surface area contributed by atoms with Gasteiger partial charge in [0.25, 0.3) is 5.91 Å². The minimum Gasteiger partial charge on any atom is -0.493 e. The van der Waals surface area contributed by atoms with Gasteiger partial charge < -0.3 is 25.8 Å². The first-order chi connectivity index (χ1) is 13.5. The monoisotopic (exact) mass is 381 g/mol. The Labute approximate surface area is 165 Å². The van der Waals surface area contributed by atoms with E-state index >= 15 is 0 Å². The number of fused-ring (bicyclic) bond motifs is 1. The summed E-state index contributed by atoms with van der Waals surface area (Å²) in [6.45, 7) is 2.71. The SMILES string of the molecule is COc1cc2c(cc1OC)C(=CC(C)Nc1ccc(CCCN)cc1)C(=O)N2. The molecule has 3 rings (SSSR count). The zero-order valence-electron chi connectivity index (χ0n) is 16.5. The van der Waals surface area contributed by atoms with E-state index in [1.165, 1.54) is 5.56 Å². The van der Waals surface area contributed by atoms with Crippen LogP contribution in [0.4, 0.5) is 11.4 Å². The van der Waals surface area contributed by atoms with Gasteiger partial charge in [-0.1, -0.05) is 12.1 Å². The van der Waals surface area contributed by atoms with Crippen molar-refractivity contribution in [2.75, 3.05) is 31.4 Å². The highest BCUT2D eigenvalue weighted by molar-refractivity contribution is 6.31. The van der Waals surface area contributed by atoms with Crippen molar-refractivity contribution < 1.29 is 14.3 Å². The lowest BCUT2D eigenvalue weighted by Gasteiger charge is -2.13. The summed E-state index contributed by atoms with van der Waals surface area (Å²) >= 11 is 0. The van der Waals surface area contributed by atoms with Crippen LogP contribution in [-0.4, -0.2) is 32.7 Å². The molecule has 0 fully saturated rings. The van der Waals surface area contributed by atoms with Crippen molar-refractivity contribution >= 4 is 22.9 Å². The molecule has 148 valence electrons. The lowest BCUT2D eigenvalue weighted by atomic mass is 10.0. The van der Waals surface area contributed by atoms with Gasteiger partial charge in [-0.2, -0.15) is 0 Å². The number of hydrogen-bond acceptors (Lipinski definition) is 5. The summed E-state index contributed by atoms with van der Waals surface area (Å²) in [7, 11) is 3.16. The molecule has 4 N–H and O–H groups in total. The second kappa shape index (κ2) is 8.80. The van der Waals surface area contributed by atoms with Gasteiger partial charge in [0.2, 0.25) is 0 Å². The van der Waals surface area contributed by atoms with Gasteiger partial charge in [-0.25, -0.2) is 0 Å². The molecule has 1 heterocycles. The predicted octanol–water partition coefficient (Wildman–Crippen LogP) is 3.43. The Morgan fingerprint density at radius 1 is 1.14 bits per heavy atom. The third-order valence-corrected chi connectivity index (χ3v) is 4.74. The van der Waals surface area contributed by atoms with Crippen LogP contribution in [0.15, 0.2) is 42.5 Å². The number of carbonyl (C=O) groups is 1. The van der Waals surface area contributed by atoms with E-state index in [9.17, 15) is 4.79 Å². The molecule has 0 saturated carbocycles. The number of hydrogen-bond donors (Lipinski definition) is 3. The van der Waals surface area contributed by atoms with Crippen LogP contribution in [-0.2, 0) is 11.2 Å². The fourth-order valence-electron chi connectivity index (χ4n) is 3.31. The van der Waals surface area contributed by atoms with E-state index in [0.717, 1.165) is 29.8 Å². The van der Waals surface area contributed by atoms with E-state index in [1.54, 1.807) is 20.3 Å². The molecule has 0 saturated heterocycles. The molecule has 0 spiro atoms. The molecule has 2 aromatic rings. The topological polar surface area (TPSA) is 85.6 Å². The van der Waals surface area contributed by atoms with Crippen LogP contribution in [0.5, 0.6) is 11.5 Å². The molecule has 0 radical (unpaired) electrons. The highest BCUT2D eigenvalue weighted by Crippen LogP contribution is 2.40. The Kier molecular flexibility index (Phi) is 6.21. The third-order valence-electron chi connectivity index (χ3n) is 4.74. The van der Waals surface area contributed by atoms with E-state index in [0.29, 0.717) is 23.6 Å². The van der Waals surface area contributed by atoms with E-state index in [4.69, 9.17) is 15.2 Å². The number of rotatable bonds is 8. The zero-order chi connectivity index (χ0) is 20.1. The number of anilines is 2. The Balaban J connectivity index is 1.77. The predicted molar refractivity (Wildman–Crippen MR) is 113 cm³/mol. The van der Waals surface area contributed by atoms with Crippen LogP contribution >= 0.6 is 0 Å². The molecule has 1 amide bonds. The molecule has 1 aliphatic rings. The first-order valence-corrected chi connectivity index (χ1v) is 9.40. The van der Waals surface area contributed by atoms with Gasteiger partial charge in [-0.3, -0.25) is 4.79 Å². The number of amides is 1. The van der Waals surface area contributed by atoms with Gasteiger partial charge in [0, 0.05) is 28.9 Å². The highest BCUT2D eigenvalue weighted by atomic mass is 16.5. The second-order valence-corrected chi connectivity index (χ2v) is 6.81. The summed E-state index contributed by atoms with van der Waals surface area (Å²) in [6.07, 6.45) is 3.89. The summed E-state index contributed by atoms with van der Waals surface area (Å²) in [5, 5.41) is 6.31. The number of nitrogens with two attached hydrogens (primary N) is 1. The van der Waals surface area contributed by atoms with Crippen molar-refractivity contribution in [3.05, 3.63) is 53.6 Å². The lowest BCUT2D eigenvalue weighted by Crippen LogP contribution is -2.14. The lowest BCUT2D eigenvalue weighted by molar-refractivity contribution is -0.110. The van der Waals surface area contributed by atoms with Gasteiger partial charge in [-0.05, 0) is 56.1 Å². The highest BCUT2D eigenvalue weighted by Gasteiger charge is 2.27. The summed E-state index contributed by atoms with van der Waals surface area (Å²) in [4.78, 5) is 12.5. The van der Waals surface area contributed by atoms with Crippen LogP contribution in [0.1, 0.15) is 24.5 Å². The fourth-order valence-corrected chi connectivity index (χ4v) is 3.31. The number of nitrogens with one attached hydrogen (secondary N) is 2.